The van der Waals surface area contributed by atoms with Crippen LogP contribution in [0, 0.1) is 11.8 Å². The molecule has 0 bridgehead atoms. The lowest BCUT2D eigenvalue weighted by atomic mass is 10.3. The Kier molecular flexibility index (Phi) is 3.58. The first-order chi connectivity index (χ1) is 11.3. The van der Waals surface area contributed by atoms with Crippen molar-refractivity contribution in [2.24, 2.45) is 11.8 Å². The second-order valence-corrected chi connectivity index (χ2v) is 6.10. The molecule has 1 N–H and O–H groups in total. The van der Waals surface area contributed by atoms with E-state index in [-0.39, 0.29) is 24.5 Å². The van der Waals surface area contributed by atoms with Gasteiger partial charge < -0.3 is 9.84 Å². The molecule has 124 valence electrons. The van der Waals surface area contributed by atoms with Gasteiger partial charge in [-0.2, -0.15) is 10.1 Å². The lowest BCUT2D eigenvalue weighted by molar-refractivity contribution is 0.358. The van der Waals surface area contributed by atoms with Gasteiger partial charge in [-0.25, -0.2) is 4.68 Å². The fourth-order valence-corrected chi connectivity index (χ4v) is 3.53. The third-order valence-electron chi connectivity index (χ3n) is 4.78. The van der Waals surface area contributed by atoms with Crippen LogP contribution in [0.2, 0.25) is 0 Å². The molecule has 1 saturated carbocycles. The predicted molar refractivity (Wildman–Crippen MR) is 87.0 cm³/mol. The van der Waals surface area contributed by atoms with Crippen LogP contribution in [-0.2, 0) is 6.54 Å². The number of hydrogen-bond acceptors (Lipinski definition) is 7. The van der Waals surface area contributed by atoms with Crippen molar-refractivity contribution in [1.82, 2.24) is 30.2 Å². The number of fused-ring (bicyclic) bond motifs is 2. The van der Waals surface area contributed by atoms with Crippen molar-refractivity contribution in [3.8, 4) is 0 Å². The smallest absolute Gasteiger partial charge is 0.276 e. The first-order valence-electron chi connectivity index (χ1n) is 7.65. The number of nitrogens with one attached hydrogen (secondary N) is 1. The van der Waals surface area contributed by atoms with Crippen molar-refractivity contribution in [3.63, 3.8) is 0 Å². The summed E-state index contributed by atoms with van der Waals surface area (Å²) in [4.78, 5) is 21.0. The molecule has 3 atom stereocenters. The van der Waals surface area contributed by atoms with Crippen LogP contribution >= 0.6 is 12.4 Å². The number of pyridine rings is 1. The molecule has 0 unspecified atom stereocenters. The maximum Gasteiger partial charge on any atom is 0.276 e. The fraction of sp³-hybridized carbons (Fsp3) is 0.400. The van der Waals surface area contributed by atoms with Crippen LogP contribution in [0.5, 0.6) is 0 Å². The molecule has 0 amide bonds. The minimum atomic E-state index is -0.206. The minimum Gasteiger partial charge on any atom is -0.337 e. The number of aromatic nitrogens is 5. The molecular formula is C15H15ClN6O2. The summed E-state index contributed by atoms with van der Waals surface area (Å²) in [7, 11) is 0. The third-order valence-corrected chi connectivity index (χ3v) is 4.78. The van der Waals surface area contributed by atoms with Gasteiger partial charge in [0.2, 0.25) is 5.89 Å². The van der Waals surface area contributed by atoms with Crippen LogP contribution in [0.15, 0.2) is 33.8 Å². The van der Waals surface area contributed by atoms with Gasteiger partial charge in [-0.1, -0.05) is 5.16 Å². The zero-order valence-electron chi connectivity index (χ0n) is 12.6. The van der Waals surface area contributed by atoms with Crippen molar-refractivity contribution in [2.45, 2.75) is 12.5 Å². The van der Waals surface area contributed by atoms with E-state index in [0.29, 0.717) is 34.5 Å². The van der Waals surface area contributed by atoms with Crippen LogP contribution in [0.3, 0.4) is 0 Å². The maximum atomic E-state index is 12.4. The molecule has 3 aromatic heterocycles. The molecule has 2 aliphatic rings. The van der Waals surface area contributed by atoms with Gasteiger partial charge in [-0.15, -0.1) is 12.4 Å². The summed E-state index contributed by atoms with van der Waals surface area (Å²) < 4.78 is 6.64. The first-order valence-corrected chi connectivity index (χ1v) is 7.65. The Balaban J connectivity index is 0.00000146. The first kappa shape index (κ1) is 15.2. The second kappa shape index (κ2) is 5.64. The standard InChI is InChI=1S/C15H14N6O2.ClH/c22-15-8-2-1-3-17-11(8)6-18-21(15)7-12-19-14(20-23-12)13-9-4-16-5-10(9)13;/h1-3,6,9-10,13,16H,4-5,7H2;1H/t9-,10+,13+;. The highest BCUT2D eigenvalue weighted by Crippen LogP contribution is 2.54. The molecule has 9 heteroatoms. The molecule has 1 aliphatic carbocycles. The van der Waals surface area contributed by atoms with Gasteiger partial charge in [0.1, 0.15) is 6.54 Å². The Labute approximate surface area is 142 Å². The van der Waals surface area contributed by atoms with E-state index in [9.17, 15) is 4.79 Å². The maximum absolute atomic E-state index is 12.4. The van der Waals surface area contributed by atoms with E-state index in [0.717, 1.165) is 18.9 Å². The predicted octanol–water partition coefficient (Wildman–Crippen LogP) is 0.577. The van der Waals surface area contributed by atoms with Crippen molar-refractivity contribution in [2.75, 3.05) is 13.1 Å². The van der Waals surface area contributed by atoms with Crippen LogP contribution < -0.4 is 10.9 Å². The summed E-state index contributed by atoms with van der Waals surface area (Å²) in [5.74, 6) is 2.84. The molecule has 1 aliphatic heterocycles. The Hall–Kier alpha value is -2.32. The van der Waals surface area contributed by atoms with Gasteiger partial charge in [0, 0.05) is 12.1 Å². The zero-order chi connectivity index (χ0) is 15.4. The molecule has 0 spiro atoms. The van der Waals surface area contributed by atoms with E-state index in [4.69, 9.17) is 4.52 Å². The molecule has 1 saturated heterocycles. The van der Waals surface area contributed by atoms with Crippen molar-refractivity contribution in [3.05, 3.63) is 46.6 Å². The van der Waals surface area contributed by atoms with E-state index in [2.05, 4.69) is 25.5 Å². The Morgan fingerprint density at radius 3 is 3.00 bits per heavy atom. The van der Waals surface area contributed by atoms with Gasteiger partial charge in [0.25, 0.3) is 5.56 Å². The number of piperidine rings is 1. The summed E-state index contributed by atoms with van der Waals surface area (Å²) in [6.07, 6.45) is 3.21. The molecule has 0 radical (unpaired) electrons. The second-order valence-electron chi connectivity index (χ2n) is 6.10. The van der Waals surface area contributed by atoms with E-state index < -0.39 is 0 Å². The van der Waals surface area contributed by atoms with Gasteiger partial charge in [-0.05, 0) is 37.1 Å². The Bertz CT molecular complexity index is 944. The average Bonchev–Trinajstić information content (AvgIpc) is 2.96. The number of hydrogen-bond donors (Lipinski definition) is 1. The average molecular weight is 347 g/mol. The van der Waals surface area contributed by atoms with Crippen LogP contribution in [0.4, 0.5) is 0 Å². The van der Waals surface area contributed by atoms with E-state index in [1.54, 1.807) is 24.5 Å². The number of rotatable bonds is 3. The summed E-state index contributed by atoms with van der Waals surface area (Å²) >= 11 is 0. The SMILES string of the molecule is Cl.O=c1c2cccnc2cnn1Cc1nc([C@H]2[C@@H]3CNC[C@@H]32)no1. The van der Waals surface area contributed by atoms with Crippen LogP contribution in [0.25, 0.3) is 10.9 Å². The highest BCUT2D eigenvalue weighted by atomic mass is 35.5. The minimum absolute atomic E-state index is 0. The highest BCUT2D eigenvalue weighted by molar-refractivity contribution is 5.85. The molecular weight excluding hydrogens is 332 g/mol. The highest BCUT2D eigenvalue weighted by Gasteiger charge is 2.55. The summed E-state index contributed by atoms with van der Waals surface area (Å²) in [5.41, 5.74) is 0.376. The normalized spacial score (nSPS) is 24.6. The number of halogens is 1. The molecule has 5 rings (SSSR count). The van der Waals surface area contributed by atoms with Gasteiger partial charge in [0.05, 0.1) is 17.1 Å². The van der Waals surface area contributed by atoms with E-state index >= 15 is 0 Å². The van der Waals surface area contributed by atoms with Crippen molar-refractivity contribution in [1.29, 1.82) is 0 Å². The Morgan fingerprint density at radius 2 is 2.17 bits per heavy atom. The quantitative estimate of drug-likeness (QED) is 0.740. The topological polar surface area (TPSA) is 98.7 Å². The van der Waals surface area contributed by atoms with Gasteiger partial charge in [0.15, 0.2) is 5.82 Å². The molecule has 8 nitrogen and oxygen atoms in total. The fourth-order valence-electron chi connectivity index (χ4n) is 3.53. The van der Waals surface area contributed by atoms with Crippen LogP contribution in [0.1, 0.15) is 17.6 Å². The summed E-state index contributed by atoms with van der Waals surface area (Å²) in [6.45, 7) is 2.23. The van der Waals surface area contributed by atoms with Crippen molar-refractivity contribution < 1.29 is 4.52 Å². The summed E-state index contributed by atoms with van der Waals surface area (Å²) in [5, 5.41) is 12.1. The molecule has 24 heavy (non-hydrogen) atoms. The zero-order valence-corrected chi connectivity index (χ0v) is 13.4. The Morgan fingerprint density at radius 1 is 1.33 bits per heavy atom. The lowest BCUT2D eigenvalue weighted by Crippen LogP contribution is -2.23. The lowest BCUT2D eigenvalue weighted by Gasteiger charge is -2.02. The molecule has 4 heterocycles. The number of nitrogens with zero attached hydrogens (tertiary/aromatic N) is 5. The molecule has 0 aromatic carbocycles. The largest absolute Gasteiger partial charge is 0.337 e. The van der Waals surface area contributed by atoms with Crippen LogP contribution in [-0.4, -0.2) is 38.0 Å². The monoisotopic (exact) mass is 346 g/mol. The van der Waals surface area contributed by atoms with E-state index in [1.165, 1.54) is 4.68 Å². The molecule has 3 aromatic rings. The molecule has 2 fully saturated rings. The van der Waals surface area contributed by atoms with Gasteiger partial charge in [-0.3, -0.25) is 9.78 Å². The summed E-state index contributed by atoms with van der Waals surface area (Å²) in [6, 6.07) is 3.47. The van der Waals surface area contributed by atoms with E-state index in [1.807, 2.05) is 0 Å². The van der Waals surface area contributed by atoms with Gasteiger partial charge >= 0.3 is 0 Å². The van der Waals surface area contributed by atoms with Crippen molar-refractivity contribution >= 4 is 23.3 Å². The third kappa shape index (κ3) is 2.30.